The molecule has 2 aliphatic rings. The van der Waals surface area contributed by atoms with Crippen molar-refractivity contribution >= 4 is 28.4 Å². The van der Waals surface area contributed by atoms with Crippen molar-refractivity contribution in [3.63, 3.8) is 0 Å². The van der Waals surface area contributed by atoms with Crippen molar-refractivity contribution in [3.05, 3.63) is 64.3 Å². The Morgan fingerprint density at radius 3 is 2.51 bits per heavy atom. The van der Waals surface area contributed by atoms with Crippen LogP contribution in [0.1, 0.15) is 49.0 Å². The van der Waals surface area contributed by atoms with E-state index in [-0.39, 0.29) is 24.0 Å². The lowest BCUT2D eigenvalue weighted by Gasteiger charge is -2.50. The van der Waals surface area contributed by atoms with E-state index in [1.54, 1.807) is 7.11 Å². The van der Waals surface area contributed by atoms with E-state index in [4.69, 9.17) is 16.3 Å². The molecule has 0 saturated carbocycles. The molecule has 5 rings (SSSR count). The molecule has 1 fully saturated rings. The molecule has 186 valence electrons. The Bertz CT molecular complexity index is 1230. The van der Waals surface area contributed by atoms with Gasteiger partial charge in [-0.3, -0.25) is 9.69 Å². The molecule has 3 heterocycles. The predicted molar refractivity (Wildman–Crippen MR) is 139 cm³/mol. The van der Waals surface area contributed by atoms with Crippen LogP contribution in [0.25, 0.3) is 10.9 Å². The summed E-state index contributed by atoms with van der Waals surface area (Å²) in [4.78, 5) is 17.5. The Hall–Kier alpha value is -2.54. The first-order valence-electron chi connectivity index (χ1n) is 12.4. The first kappa shape index (κ1) is 24.2. The number of aliphatic hydroxyl groups excluding tert-OH is 1. The highest BCUT2D eigenvalue weighted by atomic mass is 35.5. The number of carbonyl (C=O) groups is 1. The molecule has 0 bridgehead atoms. The van der Waals surface area contributed by atoms with Gasteiger partial charge in [-0.1, -0.05) is 30.7 Å². The molecular weight excluding hydrogens is 462 g/mol. The van der Waals surface area contributed by atoms with Gasteiger partial charge in [-0.25, -0.2) is 0 Å². The third-order valence-electron chi connectivity index (χ3n) is 8.08. The van der Waals surface area contributed by atoms with Crippen LogP contribution in [-0.4, -0.2) is 58.7 Å². The number of amides is 1. The SMILES string of the molecule is CCC(=O)N1CC2(CCN(Cc3ccc(Cl)cc3)CC2)c2c(n(C)c3cc(OC)ccc23)[C@H]1CO. The standard InChI is InChI=1S/C28H34ClN3O3/c1-4-25(34)32-18-28(11-13-31(14-12-28)16-19-5-7-20(29)8-6-19)26-22-10-9-21(35-3)15-23(22)30(2)27(26)24(32)17-33/h5-10,15,24,33H,4,11-14,16-18H2,1-3H3/t24-/m1/s1. The van der Waals surface area contributed by atoms with E-state index in [0.717, 1.165) is 54.5 Å². The van der Waals surface area contributed by atoms with E-state index in [2.05, 4.69) is 33.7 Å². The highest BCUT2D eigenvalue weighted by molar-refractivity contribution is 6.30. The molecule has 1 spiro atoms. The monoisotopic (exact) mass is 495 g/mol. The molecule has 1 atom stereocenters. The number of hydrogen-bond acceptors (Lipinski definition) is 4. The number of rotatable bonds is 5. The molecule has 1 N–H and O–H groups in total. The molecule has 2 aromatic carbocycles. The summed E-state index contributed by atoms with van der Waals surface area (Å²) in [6.07, 6.45) is 2.36. The van der Waals surface area contributed by atoms with E-state index in [9.17, 15) is 9.90 Å². The van der Waals surface area contributed by atoms with Crippen LogP contribution in [-0.2, 0) is 23.8 Å². The second kappa shape index (κ2) is 9.49. The van der Waals surface area contributed by atoms with Crippen molar-refractivity contribution < 1.29 is 14.6 Å². The average molecular weight is 496 g/mol. The van der Waals surface area contributed by atoms with Crippen molar-refractivity contribution in [1.29, 1.82) is 0 Å². The number of ether oxygens (including phenoxy) is 1. The number of carbonyl (C=O) groups excluding carboxylic acids is 1. The van der Waals surface area contributed by atoms with Crippen molar-refractivity contribution in [2.45, 2.75) is 44.2 Å². The Labute approximate surface area is 212 Å². The maximum absolute atomic E-state index is 13.1. The number of benzene rings is 2. The van der Waals surface area contributed by atoms with Crippen molar-refractivity contribution in [2.75, 3.05) is 33.4 Å². The number of likely N-dealkylation sites (tertiary alicyclic amines) is 1. The normalized spacial score (nSPS) is 19.8. The highest BCUT2D eigenvalue weighted by Crippen LogP contribution is 2.50. The molecule has 1 amide bonds. The predicted octanol–water partition coefficient (Wildman–Crippen LogP) is 4.66. The first-order valence-corrected chi connectivity index (χ1v) is 12.8. The Balaban J connectivity index is 1.55. The van der Waals surface area contributed by atoms with E-state index in [1.807, 2.05) is 37.1 Å². The fraction of sp³-hybridized carbons (Fsp3) is 0.464. The summed E-state index contributed by atoms with van der Waals surface area (Å²) in [5.74, 6) is 0.907. The van der Waals surface area contributed by atoms with Gasteiger partial charge in [-0.05, 0) is 61.3 Å². The molecule has 0 radical (unpaired) electrons. The lowest BCUT2D eigenvalue weighted by molar-refractivity contribution is -0.137. The fourth-order valence-corrected chi connectivity index (χ4v) is 6.34. The van der Waals surface area contributed by atoms with E-state index in [1.165, 1.54) is 16.5 Å². The van der Waals surface area contributed by atoms with Gasteiger partial charge in [0.25, 0.3) is 0 Å². The van der Waals surface area contributed by atoms with Gasteiger partial charge in [0.1, 0.15) is 5.75 Å². The van der Waals surface area contributed by atoms with E-state index in [0.29, 0.717) is 13.0 Å². The Morgan fingerprint density at radius 2 is 1.89 bits per heavy atom. The second-order valence-corrected chi connectivity index (χ2v) is 10.4. The number of aryl methyl sites for hydroxylation is 1. The van der Waals surface area contributed by atoms with Crippen LogP contribution >= 0.6 is 11.6 Å². The van der Waals surface area contributed by atoms with Crippen LogP contribution in [0.5, 0.6) is 5.75 Å². The Kier molecular flexibility index (Phi) is 6.55. The molecule has 0 unspecified atom stereocenters. The molecule has 2 aliphatic heterocycles. The minimum Gasteiger partial charge on any atom is -0.497 e. The number of aliphatic hydroxyl groups is 1. The lowest BCUT2D eigenvalue weighted by atomic mass is 9.68. The zero-order valence-electron chi connectivity index (χ0n) is 20.8. The molecule has 6 nitrogen and oxygen atoms in total. The molecule has 3 aromatic rings. The fourth-order valence-electron chi connectivity index (χ4n) is 6.22. The average Bonchev–Trinajstić information content (AvgIpc) is 3.18. The van der Waals surface area contributed by atoms with Gasteiger partial charge < -0.3 is 19.3 Å². The van der Waals surface area contributed by atoms with Crippen LogP contribution in [0.3, 0.4) is 0 Å². The molecule has 1 saturated heterocycles. The number of methoxy groups -OCH3 is 1. The van der Waals surface area contributed by atoms with Gasteiger partial charge >= 0.3 is 0 Å². The zero-order chi connectivity index (χ0) is 24.7. The third-order valence-corrected chi connectivity index (χ3v) is 8.33. The van der Waals surface area contributed by atoms with Gasteiger partial charge in [0.2, 0.25) is 5.91 Å². The maximum Gasteiger partial charge on any atom is 0.222 e. The van der Waals surface area contributed by atoms with Gasteiger partial charge in [-0.2, -0.15) is 0 Å². The molecular formula is C28H34ClN3O3. The summed E-state index contributed by atoms with van der Waals surface area (Å²) in [5, 5.41) is 12.4. The number of piperidine rings is 1. The van der Waals surface area contributed by atoms with Crippen LogP contribution in [0.15, 0.2) is 42.5 Å². The van der Waals surface area contributed by atoms with Crippen LogP contribution in [0, 0.1) is 0 Å². The van der Waals surface area contributed by atoms with Gasteiger partial charge in [0.15, 0.2) is 0 Å². The second-order valence-electron chi connectivity index (χ2n) is 9.96. The minimum atomic E-state index is -0.335. The van der Waals surface area contributed by atoms with Crippen LogP contribution in [0.2, 0.25) is 5.02 Å². The third kappa shape index (κ3) is 4.11. The summed E-state index contributed by atoms with van der Waals surface area (Å²) >= 11 is 6.07. The smallest absolute Gasteiger partial charge is 0.222 e. The first-order chi connectivity index (χ1) is 16.9. The Morgan fingerprint density at radius 1 is 1.17 bits per heavy atom. The van der Waals surface area contributed by atoms with Gasteiger partial charge in [0, 0.05) is 54.1 Å². The number of halogens is 1. The topological polar surface area (TPSA) is 57.9 Å². The lowest BCUT2D eigenvalue weighted by Crippen LogP contribution is -2.55. The number of nitrogens with zero attached hydrogens (tertiary/aromatic N) is 3. The summed E-state index contributed by atoms with van der Waals surface area (Å²) < 4.78 is 7.68. The maximum atomic E-state index is 13.1. The summed E-state index contributed by atoms with van der Waals surface area (Å²) in [5.41, 5.74) is 4.57. The largest absolute Gasteiger partial charge is 0.497 e. The molecule has 7 heteroatoms. The minimum absolute atomic E-state index is 0.0845. The van der Waals surface area contributed by atoms with E-state index < -0.39 is 0 Å². The van der Waals surface area contributed by atoms with Crippen molar-refractivity contribution in [1.82, 2.24) is 14.4 Å². The van der Waals surface area contributed by atoms with Crippen molar-refractivity contribution in [3.8, 4) is 5.75 Å². The number of hydrogen-bond donors (Lipinski definition) is 1. The van der Waals surface area contributed by atoms with E-state index >= 15 is 0 Å². The summed E-state index contributed by atoms with van der Waals surface area (Å²) in [7, 11) is 3.73. The molecule has 0 aliphatic carbocycles. The number of aromatic nitrogens is 1. The van der Waals surface area contributed by atoms with Crippen LogP contribution in [0.4, 0.5) is 0 Å². The quantitative estimate of drug-likeness (QED) is 0.559. The molecule has 1 aromatic heterocycles. The van der Waals surface area contributed by atoms with Crippen molar-refractivity contribution in [2.24, 2.45) is 7.05 Å². The summed E-state index contributed by atoms with van der Waals surface area (Å²) in [6.45, 7) is 5.26. The van der Waals surface area contributed by atoms with Crippen LogP contribution < -0.4 is 4.74 Å². The highest BCUT2D eigenvalue weighted by Gasteiger charge is 2.49. The number of fused-ring (bicyclic) bond motifs is 4. The summed E-state index contributed by atoms with van der Waals surface area (Å²) in [6, 6.07) is 14.0. The molecule has 35 heavy (non-hydrogen) atoms. The van der Waals surface area contributed by atoms with Gasteiger partial charge in [0.05, 0.1) is 25.3 Å². The zero-order valence-corrected chi connectivity index (χ0v) is 21.5. The van der Waals surface area contributed by atoms with Gasteiger partial charge in [-0.15, -0.1) is 0 Å².